The molecule has 1 aromatic heterocycles. The Morgan fingerprint density at radius 1 is 1.35 bits per heavy atom. The average molecular weight is 371 g/mol. The van der Waals surface area contributed by atoms with E-state index in [-0.39, 0.29) is 6.54 Å². The van der Waals surface area contributed by atoms with Gasteiger partial charge >= 0.3 is 5.97 Å². The minimum Gasteiger partial charge on any atom is -0.456 e. The zero-order chi connectivity index (χ0) is 19.1. The summed E-state index contributed by atoms with van der Waals surface area (Å²) in [7, 11) is 0. The van der Waals surface area contributed by atoms with Gasteiger partial charge in [0.2, 0.25) is 0 Å². The van der Waals surface area contributed by atoms with Crippen LogP contribution in [0.5, 0.6) is 0 Å². The number of nitrogens with one attached hydrogen (secondary N) is 1. The van der Waals surface area contributed by atoms with Crippen molar-refractivity contribution in [3.05, 3.63) is 51.5 Å². The number of nitrogens with zero attached hydrogens (tertiary/aromatic N) is 2. The highest BCUT2D eigenvalue weighted by Gasteiger charge is 2.24. The fourth-order valence-corrected chi connectivity index (χ4v) is 2.96. The van der Waals surface area contributed by atoms with Crippen LogP contribution < -0.4 is 5.32 Å². The number of hydrogen-bond donors (Lipinski definition) is 1. The molecular formula is C18H17N3O4S. The first-order valence-electron chi connectivity index (χ1n) is 7.75. The first-order chi connectivity index (χ1) is 12.4. The van der Waals surface area contributed by atoms with Crippen molar-refractivity contribution in [3.8, 4) is 6.07 Å². The van der Waals surface area contributed by atoms with Crippen LogP contribution >= 0.6 is 11.3 Å². The highest BCUT2D eigenvalue weighted by molar-refractivity contribution is 7.09. The lowest BCUT2D eigenvalue weighted by Crippen LogP contribution is -2.32. The van der Waals surface area contributed by atoms with Gasteiger partial charge in [0, 0.05) is 16.6 Å². The smallest absolute Gasteiger partial charge is 0.325 e. The second kappa shape index (κ2) is 8.87. The SMILES string of the molecule is Cc1cccc(C(=O)NCC(=O)OCC(=O)[C@@H](C#N)c2nc(C)cs2)c1. The van der Waals surface area contributed by atoms with E-state index in [2.05, 4.69) is 10.3 Å². The number of benzene rings is 1. The number of amides is 1. The Hall–Kier alpha value is -3.05. The molecule has 1 N–H and O–H groups in total. The van der Waals surface area contributed by atoms with Crippen LogP contribution in [0, 0.1) is 25.2 Å². The summed E-state index contributed by atoms with van der Waals surface area (Å²) in [6.07, 6.45) is 0. The number of carbonyl (C=O) groups excluding carboxylic acids is 3. The van der Waals surface area contributed by atoms with Crippen molar-refractivity contribution >= 4 is 29.0 Å². The van der Waals surface area contributed by atoms with E-state index in [0.717, 1.165) is 5.56 Å². The molecule has 0 spiro atoms. The Labute approximate surface area is 154 Å². The van der Waals surface area contributed by atoms with E-state index >= 15 is 0 Å². The molecule has 0 saturated heterocycles. The van der Waals surface area contributed by atoms with E-state index in [1.54, 1.807) is 30.5 Å². The number of esters is 1. The van der Waals surface area contributed by atoms with Crippen LogP contribution in [0.3, 0.4) is 0 Å². The topological polar surface area (TPSA) is 109 Å². The molecule has 0 radical (unpaired) electrons. The van der Waals surface area contributed by atoms with Crippen molar-refractivity contribution in [3.63, 3.8) is 0 Å². The van der Waals surface area contributed by atoms with Gasteiger partial charge in [0.05, 0.1) is 6.07 Å². The van der Waals surface area contributed by atoms with E-state index in [1.165, 1.54) is 11.3 Å². The number of Topliss-reactive ketones (excluding diaryl/α,β-unsaturated/α-hetero) is 1. The highest BCUT2D eigenvalue weighted by Crippen LogP contribution is 2.20. The third-order valence-electron chi connectivity index (χ3n) is 3.38. The Balaban J connectivity index is 1.81. The predicted octanol–water partition coefficient (Wildman–Crippen LogP) is 1.91. The summed E-state index contributed by atoms with van der Waals surface area (Å²) in [5.74, 6) is -2.79. The third kappa shape index (κ3) is 5.22. The van der Waals surface area contributed by atoms with Crippen LogP contribution in [0.25, 0.3) is 0 Å². The summed E-state index contributed by atoms with van der Waals surface area (Å²) >= 11 is 1.21. The predicted molar refractivity (Wildman–Crippen MR) is 94.7 cm³/mol. The summed E-state index contributed by atoms with van der Waals surface area (Å²) in [5, 5.41) is 13.7. The fourth-order valence-electron chi connectivity index (χ4n) is 2.10. The number of aryl methyl sites for hydroxylation is 2. The summed E-state index contributed by atoms with van der Waals surface area (Å²) in [6, 6.07) is 8.78. The van der Waals surface area contributed by atoms with E-state index in [9.17, 15) is 14.4 Å². The molecule has 7 nitrogen and oxygen atoms in total. The number of rotatable bonds is 7. The average Bonchev–Trinajstić information content (AvgIpc) is 3.04. The summed E-state index contributed by atoms with van der Waals surface area (Å²) in [5.41, 5.74) is 2.07. The minimum atomic E-state index is -1.07. The largest absolute Gasteiger partial charge is 0.456 e. The summed E-state index contributed by atoms with van der Waals surface area (Å²) < 4.78 is 4.85. The molecule has 0 aliphatic rings. The molecule has 1 amide bonds. The van der Waals surface area contributed by atoms with Gasteiger partial charge in [0.1, 0.15) is 11.6 Å². The highest BCUT2D eigenvalue weighted by atomic mass is 32.1. The molecule has 1 atom stereocenters. The molecule has 0 unspecified atom stereocenters. The number of ketones is 1. The van der Waals surface area contributed by atoms with Crippen LogP contribution in [0.1, 0.15) is 32.5 Å². The number of hydrogen-bond acceptors (Lipinski definition) is 7. The van der Waals surface area contributed by atoms with Gasteiger partial charge in [-0.05, 0) is 26.0 Å². The standard InChI is InChI=1S/C18H17N3O4S/c1-11-4-3-5-13(6-11)17(24)20-8-16(23)25-9-15(22)14(7-19)18-21-12(2)10-26-18/h3-6,10,14H,8-9H2,1-2H3,(H,20,24)/t14-/m1/s1. The van der Waals surface area contributed by atoms with Gasteiger partial charge in [0.15, 0.2) is 18.3 Å². The van der Waals surface area contributed by atoms with Crippen molar-refractivity contribution in [1.29, 1.82) is 5.26 Å². The second-order valence-corrected chi connectivity index (χ2v) is 6.46. The number of ether oxygens (including phenoxy) is 1. The molecule has 134 valence electrons. The van der Waals surface area contributed by atoms with Gasteiger partial charge in [-0.2, -0.15) is 5.26 Å². The molecule has 0 bridgehead atoms. The van der Waals surface area contributed by atoms with Crippen molar-refractivity contribution in [2.45, 2.75) is 19.8 Å². The van der Waals surface area contributed by atoms with Gasteiger partial charge in [0.25, 0.3) is 5.91 Å². The maximum absolute atomic E-state index is 12.1. The Morgan fingerprint density at radius 3 is 2.73 bits per heavy atom. The molecule has 8 heteroatoms. The third-order valence-corrected chi connectivity index (χ3v) is 4.41. The van der Waals surface area contributed by atoms with Gasteiger partial charge in [-0.15, -0.1) is 11.3 Å². The van der Waals surface area contributed by atoms with Crippen LogP contribution in [-0.2, 0) is 14.3 Å². The van der Waals surface area contributed by atoms with Crippen LogP contribution in [0.2, 0.25) is 0 Å². The van der Waals surface area contributed by atoms with Crippen molar-refractivity contribution in [2.24, 2.45) is 0 Å². The number of nitriles is 1. The van der Waals surface area contributed by atoms with E-state index < -0.39 is 30.2 Å². The molecule has 2 aromatic rings. The number of thiazole rings is 1. The Morgan fingerprint density at radius 2 is 2.12 bits per heavy atom. The van der Waals surface area contributed by atoms with Gasteiger partial charge in [-0.1, -0.05) is 17.7 Å². The van der Waals surface area contributed by atoms with E-state index in [0.29, 0.717) is 16.3 Å². The number of aromatic nitrogens is 1. The molecule has 1 heterocycles. The van der Waals surface area contributed by atoms with Gasteiger partial charge in [-0.3, -0.25) is 14.4 Å². The molecule has 0 aliphatic carbocycles. The maximum Gasteiger partial charge on any atom is 0.325 e. The van der Waals surface area contributed by atoms with E-state index in [4.69, 9.17) is 10.00 Å². The minimum absolute atomic E-state index is 0.367. The Kier molecular flexibility index (Phi) is 6.58. The van der Waals surface area contributed by atoms with Crippen LogP contribution in [0.15, 0.2) is 29.6 Å². The normalized spacial score (nSPS) is 11.3. The first kappa shape index (κ1) is 19.3. The lowest BCUT2D eigenvalue weighted by Gasteiger charge is -2.08. The molecule has 2 rings (SSSR count). The van der Waals surface area contributed by atoms with Crippen molar-refractivity contribution < 1.29 is 19.1 Å². The zero-order valence-electron chi connectivity index (χ0n) is 14.3. The second-order valence-electron chi connectivity index (χ2n) is 5.57. The fraction of sp³-hybridized carbons (Fsp3) is 0.278. The molecule has 0 fully saturated rings. The van der Waals surface area contributed by atoms with Crippen LogP contribution in [0.4, 0.5) is 0 Å². The van der Waals surface area contributed by atoms with Crippen molar-refractivity contribution in [1.82, 2.24) is 10.3 Å². The number of carbonyl (C=O) groups is 3. The monoisotopic (exact) mass is 371 g/mol. The van der Waals surface area contributed by atoms with Crippen molar-refractivity contribution in [2.75, 3.05) is 13.2 Å². The molecular weight excluding hydrogens is 354 g/mol. The first-order valence-corrected chi connectivity index (χ1v) is 8.63. The maximum atomic E-state index is 12.1. The van der Waals surface area contributed by atoms with E-state index in [1.807, 2.05) is 19.1 Å². The lowest BCUT2D eigenvalue weighted by molar-refractivity contribution is -0.146. The van der Waals surface area contributed by atoms with Gasteiger partial charge < -0.3 is 10.1 Å². The van der Waals surface area contributed by atoms with Gasteiger partial charge in [-0.25, -0.2) is 4.98 Å². The molecule has 26 heavy (non-hydrogen) atoms. The zero-order valence-corrected chi connectivity index (χ0v) is 15.1. The lowest BCUT2D eigenvalue weighted by atomic mass is 10.1. The van der Waals surface area contributed by atoms with Crippen LogP contribution in [-0.4, -0.2) is 35.8 Å². The summed E-state index contributed by atoms with van der Waals surface area (Å²) in [6.45, 7) is 2.70. The molecule has 1 aromatic carbocycles. The Bertz CT molecular complexity index is 869. The molecule has 0 aliphatic heterocycles. The molecule has 0 saturated carbocycles. The quantitative estimate of drug-likeness (QED) is 0.745. The summed E-state index contributed by atoms with van der Waals surface area (Å²) in [4.78, 5) is 39.8.